The minimum absolute atomic E-state index is 0.105. The van der Waals surface area contributed by atoms with E-state index in [-0.39, 0.29) is 5.69 Å². The predicted octanol–water partition coefficient (Wildman–Crippen LogP) is -0.588. The Bertz CT molecular complexity index is 1290. The van der Waals surface area contributed by atoms with Gasteiger partial charge in [0.25, 0.3) is 0 Å². The molecule has 0 saturated heterocycles. The van der Waals surface area contributed by atoms with Gasteiger partial charge in [-0.3, -0.25) is 0 Å². The molecule has 0 unspecified atom stereocenters. The van der Waals surface area contributed by atoms with Gasteiger partial charge >= 0.3 is 6.03 Å². The van der Waals surface area contributed by atoms with Crippen molar-refractivity contribution in [2.45, 2.75) is 14.7 Å². The lowest BCUT2D eigenvalue weighted by Crippen LogP contribution is -2.28. The molecule has 0 heterocycles. The largest absolute Gasteiger partial charge is 0.323 e. The predicted molar refractivity (Wildman–Crippen MR) is 99.6 cm³/mol. The van der Waals surface area contributed by atoms with Gasteiger partial charge in [0.05, 0.1) is 5.69 Å². The number of hydrogen-bond acceptors (Lipinski definition) is 7. The second-order valence-corrected chi connectivity index (χ2v) is 10.0. The third-order valence-electron chi connectivity index (χ3n) is 3.30. The van der Waals surface area contributed by atoms with Crippen LogP contribution in [0.1, 0.15) is 0 Å². The number of sulfonamides is 3. The Hall–Kier alpha value is -2.63. The van der Waals surface area contributed by atoms with E-state index in [1.165, 1.54) is 12.1 Å². The molecule has 2 aromatic carbocycles. The van der Waals surface area contributed by atoms with E-state index in [0.717, 1.165) is 18.2 Å². The monoisotopic (exact) mass is 467 g/mol. The molecule has 2 amide bonds. The third-order valence-corrected chi connectivity index (χ3v) is 6.50. The molecule has 0 aliphatic heterocycles. The number of carbonyl (C=O) groups is 1. The molecule has 0 aromatic heterocycles. The summed E-state index contributed by atoms with van der Waals surface area (Å²) in [5.74, 6) is -0.580. The van der Waals surface area contributed by atoms with Crippen LogP contribution in [-0.4, -0.2) is 31.3 Å². The van der Waals surface area contributed by atoms with Gasteiger partial charge in [-0.2, -0.15) is 0 Å². The Labute approximate surface area is 165 Å². The van der Waals surface area contributed by atoms with Crippen LogP contribution in [0.4, 0.5) is 20.6 Å². The third kappa shape index (κ3) is 5.46. The van der Waals surface area contributed by atoms with Gasteiger partial charge in [-0.15, -0.1) is 0 Å². The second-order valence-electron chi connectivity index (χ2n) is 5.49. The Morgan fingerprint density at radius 1 is 0.724 bits per heavy atom. The lowest BCUT2D eigenvalue weighted by molar-refractivity contribution is 0.262. The van der Waals surface area contributed by atoms with E-state index in [1.807, 2.05) is 5.32 Å². The van der Waals surface area contributed by atoms with Crippen LogP contribution in [0.5, 0.6) is 0 Å². The van der Waals surface area contributed by atoms with Crippen LogP contribution >= 0.6 is 0 Å². The van der Waals surface area contributed by atoms with Crippen molar-refractivity contribution < 1.29 is 34.4 Å². The molecule has 29 heavy (non-hydrogen) atoms. The smallest absolute Gasteiger partial charge is 0.308 e. The van der Waals surface area contributed by atoms with E-state index in [4.69, 9.17) is 15.4 Å². The van der Waals surface area contributed by atoms with Crippen molar-refractivity contribution in [3.8, 4) is 0 Å². The molecule has 0 bridgehead atoms. The molecule has 0 radical (unpaired) electrons. The maximum absolute atomic E-state index is 12.9. The van der Waals surface area contributed by atoms with Crippen LogP contribution in [0.2, 0.25) is 0 Å². The van der Waals surface area contributed by atoms with Gasteiger partial charge in [0.1, 0.15) is 20.5 Å². The highest BCUT2D eigenvalue weighted by Gasteiger charge is 2.33. The standard InChI is InChI=1S/C13H14FN5O7S3/c14-7-1-3-8(4-2-7)18-13(20)19-9-5-6-10(27(15,21)22)12(29(17,25)26)11(9)28(16,23)24/h1-6H,(H2,15,21,22)(H2,16,23,24)(H2,17,25,26)(H2,18,19,20). The number of amides is 2. The number of urea groups is 1. The highest BCUT2D eigenvalue weighted by molar-refractivity contribution is 7.94. The van der Waals surface area contributed by atoms with Gasteiger partial charge < -0.3 is 10.6 Å². The molecule has 0 fully saturated rings. The molecule has 158 valence electrons. The molecule has 12 nitrogen and oxygen atoms in total. The van der Waals surface area contributed by atoms with Crippen LogP contribution in [0.25, 0.3) is 0 Å². The first-order valence-electron chi connectivity index (χ1n) is 7.19. The highest BCUT2D eigenvalue weighted by atomic mass is 32.2. The van der Waals surface area contributed by atoms with Crippen LogP contribution in [0.3, 0.4) is 0 Å². The van der Waals surface area contributed by atoms with Crippen LogP contribution in [-0.2, 0) is 30.1 Å². The number of benzene rings is 2. The maximum atomic E-state index is 12.9. The van der Waals surface area contributed by atoms with E-state index in [1.54, 1.807) is 0 Å². The summed E-state index contributed by atoms with van der Waals surface area (Å²) in [6.07, 6.45) is 0. The van der Waals surface area contributed by atoms with Crippen molar-refractivity contribution in [1.82, 2.24) is 0 Å². The van der Waals surface area contributed by atoms with E-state index in [0.29, 0.717) is 6.07 Å². The molecular weight excluding hydrogens is 453 g/mol. The highest BCUT2D eigenvalue weighted by Crippen LogP contribution is 2.32. The van der Waals surface area contributed by atoms with Crippen molar-refractivity contribution in [2.75, 3.05) is 10.6 Å². The summed E-state index contributed by atoms with van der Waals surface area (Å²) in [7, 11) is -14.6. The van der Waals surface area contributed by atoms with E-state index < -0.39 is 62.3 Å². The van der Waals surface area contributed by atoms with Crippen molar-refractivity contribution in [1.29, 1.82) is 0 Å². The average Bonchev–Trinajstić information content (AvgIpc) is 2.53. The molecule has 0 aliphatic rings. The van der Waals surface area contributed by atoms with Gasteiger partial charge in [0.2, 0.25) is 30.1 Å². The maximum Gasteiger partial charge on any atom is 0.323 e. The second kappa shape index (κ2) is 7.65. The first-order valence-corrected chi connectivity index (χ1v) is 11.8. The lowest BCUT2D eigenvalue weighted by Gasteiger charge is -2.16. The van der Waals surface area contributed by atoms with E-state index in [2.05, 4.69) is 5.32 Å². The summed E-state index contributed by atoms with van der Waals surface area (Å²) in [5, 5.41) is 19.1. The number of rotatable bonds is 5. The zero-order valence-electron chi connectivity index (χ0n) is 14.2. The fraction of sp³-hybridized carbons (Fsp3) is 0. The summed E-state index contributed by atoms with van der Waals surface area (Å²) >= 11 is 0. The minimum atomic E-state index is -4.98. The van der Waals surface area contributed by atoms with Crippen molar-refractivity contribution >= 4 is 47.5 Å². The number of halogens is 1. The number of anilines is 2. The first-order chi connectivity index (χ1) is 13.1. The molecule has 0 spiro atoms. The number of hydrogen-bond donors (Lipinski definition) is 5. The quantitative estimate of drug-likeness (QED) is 0.384. The molecule has 8 N–H and O–H groups in total. The number of nitrogens with two attached hydrogens (primary N) is 3. The summed E-state index contributed by atoms with van der Waals surface area (Å²) < 4.78 is 84.0. The van der Waals surface area contributed by atoms with Crippen molar-refractivity contribution in [3.63, 3.8) is 0 Å². The molecular formula is C13H14FN5O7S3. The van der Waals surface area contributed by atoms with Gasteiger partial charge in [-0.05, 0) is 36.4 Å². The first kappa shape index (κ1) is 22.7. The van der Waals surface area contributed by atoms with Crippen LogP contribution in [0.15, 0.2) is 51.1 Å². The molecule has 0 saturated carbocycles. The van der Waals surface area contributed by atoms with Gasteiger partial charge in [-0.25, -0.2) is 49.9 Å². The summed E-state index contributed by atoms with van der Waals surface area (Å²) in [5.41, 5.74) is -0.586. The normalized spacial score (nSPS) is 12.4. The van der Waals surface area contributed by atoms with E-state index in [9.17, 15) is 34.4 Å². The van der Waals surface area contributed by atoms with Crippen molar-refractivity contribution in [3.05, 3.63) is 42.2 Å². The Kier molecular flexibility index (Phi) is 5.98. The molecule has 2 rings (SSSR count). The number of carbonyl (C=O) groups excluding carboxylic acids is 1. The summed E-state index contributed by atoms with van der Waals surface area (Å²) in [6.45, 7) is 0. The van der Waals surface area contributed by atoms with Crippen LogP contribution < -0.4 is 26.1 Å². The zero-order chi connectivity index (χ0) is 22.2. The Balaban J connectivity index is 2.63. The minimum Gasteiger partial charge on any atom is -0.308 e. The fourth-order valence-corrected chi connectivity index (χ4v) is 5.82. The SMILES string of the molecule is NS(=O)(=O)c1ccc(NC(=O)Nc2ccc(F)cc2)c(S(N)(=O)=O)c1S(N)(=O)=O. The lowest BCUT2D eigenvalue weighted by atomic mass is 10.3. The topological polar surface area (TPSA) is 222 Å². The van der Waals surface area contributed by atoms with Gasteiger partial charge in [-0.1, -0.05) is 0 Å². The molecule has 16 heteroatoms. The molecule has 0 aliphatic carbocycles. The number of nitrogens with one attached hydrogen (secondary N) is 2. The van der Waals surface area contributed by atoms with Gasteiger partial charge in [0.15, 0.2) is 0 Å². The molecule has 2 aromatic rings. The fourth-order valence-electron chi connectivity index (χ4n) is 2.24. The zero-order valence-corrected chi connectivity index (χ0v) is 16.6. The average molecular weight is 467 g/mol. The van der Waals surface area contributed by atoms with Crippen LogP contribution in [0, 0.1) is 5.82 Å². The summed E-state index contributed by atoms with van der Waals surface area (Å²) in [4.78, 5) is 8.30. The number of primary sulfonamides is 3. The Morgan fingerprint density at radius 3 is 1.69 bits per heavy atom. The van der Waals surface area contributed by atoms with E-state index >= 15 is 0 Å². The van der Waals surface area contributed by atoms with Crippen molar-refractivity contribution in [2.24, 2.45) is 15.4 Å². The Morgan fingerprint density at radius 2 is 1.24 bits per heavy atom. The summed E-state index contributed by atoms with van der Waals surface area (Å²) in [6, 6.07) is 4.77. The molecule has 0 atom stereocenters. The van der Waals surface area contributed by atoms with Gasteiger partial charge in [0, 0.05) is 5.69 Å².